The number of carbonyl (C=O) groups excluding carboxylic acids is 1. The number of anilines is 1. The van der Waals surface area contributed by atoms with Crippen LogP contribution in [0.4, 0.5) is 5.95 Å². The van der Waals surface area contributed by atoms with Gasteiger partial charge in [-0.2, -0.15) is 10.1 Å². The second-order valence-electron chi connectivity index (χ2n) is 6.56. The Balaban J connectivity index is 1.91. The molecule has 1 aliphatic heterocycles. The number of nitrogens with zero attached hydrogens (tertiary/aromatic N) is 3. The number of ketones is 1. The molecular formula is C18H20N4O2. The number of hydrogen-bond donors (Lipinski definition) is 1. The molecule has 1 aromatic carbocycles. The van der Waals surface area contributed by atoms with Crippen molar-refractivity contribution in [1.82, 2.24) is 14.8 Å². The Labute approximate surface area is 140 Å². The van der Waals surface area contributed by atoms with Crippen LogP contribution in [0.2, 0.25) is 0 Å². The molecule has 0 radical (unpaired) electrons. The first-order chi connectivity index (χ1) is 11.6. The zero-order valence-corrected chi connectivity index (χ0v) is 14.0. The zero-order valence-electron chi connectivity index (χ0n) is 14.0. The summed E-state index contributed by atoms with van der Waals surface area (Å²) >= 11 is 0. The third-order valence-corrected chi connectivity index (χ3v) is 4.64. The number of nitrogens with one attached hydrogen (secondary N) is 1. The van der Waals surface area contributed by atoms with Gasteiger partial charge < -0.3 is 10.1 Å². The molecule has 0 fully saturated rings. The smallest absolute Gasteiger partial charge is 0.226 e. The fourth-order valence-corrected chi connectivity index (χ4v) is 3.63. The summed E-state index contributed by atoms with van der Waals surface area (Å²) in [5.74, 6) is 2.67. The molecule has 2 unspecified atom stereocenters. The average molecular weight is 324 g/mol. The summed E-state index contributed by atoms with van der Waals surface area (Å²) in [6.07, 6.45) is 1.43. The monoisotopic (exact) mass is 324 g/mol. The maximum Gasteiger partial charge on any atom is 0.226 e. The molecule has 1 N–H and O–H groups in total. The van der Waals surface area contributed by atoms with Gasteiger partial charge in [-0.1, -0.05) is 19.1 Å². The van der Waals surface area contributed by atoms with Crippen LogP contribution >= 0.6 is 0 Å². The molecule has 0 saturated heterocycles. The van der Waals surface area contributed by atoms with Gasteiger partial charge in [0.25, 0.3) is 0 Å². The molecule has 6 nitrogen and oxygen atoms in total. The third kappa shape index (κ3) is 2.29. The van der Waals surface area contributed by atoms with Crippen LogP contribution in [-0.4, -0.2) is 27.7 Å². The normalized spacial score (nSPS) is 22.7. The van der Waals surface area contributed by atoms with Crippen LogP contribution in [0.3, 0.4) is 0 Å². The fraction of sp³-hybridized carbons (Fsp3) is 0.389. The predicted octanol–water partition coefficient (Wildman–Crippen LogP) is 2.86. The summed E-state index contributed by atoms with van der Waals surface area (Å²) in [5.41, 5.74) is 2.77. The Morgan fingerprint density at radius 1 is 1.33 bits per heavy atom. The van der Waals surface area contributed by atoms with Gasteiger partial charge >= 0.3 is 0 Å². The van der Waals surface area contributed by atoms with Crippen molar-refractivity contribution in [3.05, 3.63) is 46.9 Å². The molecule has 1 aliphatic carbocycles. The number of fused-ring (bicyclic) bond motifs is 1. The minimum absolute atomic E-state index is 0.183. The first-order valence-electron chi connectivity index (χ1n) is 8.17. The van der Waals surface area contributed by atoms with Crippen LogP contribution < -0.4 is 10.1 Å². The highest BCUT2D eigenvalue weighted by molar-refractivity contribution is 5.99. The Hall–Kier alpha value is -2.63. The molecule has 0 spiro atoms. The van der Waals surface area contributed by atoms with Gasteiger partial charge in [0.1, 0.15) is 17.6 Å². The first kappa shape index (κ1) is 14.9. The second-order valence-corrected chi connectivity index (χ2v) is 6.56. The number of Topliss-reactive ketones (excluding diaryl/α,β-unsaturated/α-hetero) is 1. The number of carbonyl (C=O) groups is 1. The first-order valence-corrected chi connectivity index (χ1v) is 8.17. The van der Waals surface area contributed by atoms with E-state index in [1.807, 2.05) is 35.9 Å². The van der Waals surface area contributed by atoms with E-state index in [0.717, 1.165) is 29.0 Å². The van der Waals surface area contributed by atoms with Crippen LogP contribution in [0.25, 0.3) is 0 Å². The molecule has 2 aliphatic rings. The van der Waals surface area contributed by atoms with Gasteiger partial charge in [0, 0.05) is 17.7 Å². The molecule has 2 heterocycles. The largest absolute Gasteiger partial charge is 0.497 e. The molecule has 6 heteroatoms. The number of ether oxygens (including phenoxy) is 1. The lowest BCUT2D eigenvalue weighted by atomic mass is 9.81. The summed E-state index contributed by atoms with van der Waals surface area (Å²) in [6, 6.07) is 7.56. The lowest BCUT2D eigenvalue weighted by molar-refractivity contribution is -0.117. The van der Waals surface area contributed by atoms with Crippen molar-refractivity contribution in [3.8, 4) is 5.75 Å². The van der Waals surface area contributed by atoms with Crippen molar-refractivity contribution in [2.75, 3.05) is 12.4 Å². The molecule has 0 amide bonds. The van der Waals surface area contributed by atoms with Gasteiger partial charge in [-0.25, -0.2) is 4.68 Å². The number of aromatic nitrogens is 3. The minimum atomic E-state index is -0.257. The van der Waals surface area contributed by atoms with E-state index < -0.39 is 0 Å². The van der Waals surface area contributed by atoms with Gasteiger partial charge in [0.2, 0.25) is 5.95 Å². The van der Waals surface area contributed by atoms with E-state index in [1.165, 1.54) is 0 Å². The summed E-state index contributed by atoms with van der Waals surface area (Å²) in [5, 5.41) is 7.85. The number of allylic oxidation sites excluding steroid dienone is 2. The molecular weight excluding hydrogens is 304 g/mol. The number of benzene rings is 1. The van der Waals surface area contributed by atoms with Crippen molar-refractivity contribution < 1.29 is 9.53 Å². The summed E-state index contributed by atoms with van der Waals surface area (Å²) < 4.78 is 7.17. The van der Waals surface area contributed by atoms with Crippen molar-refractivity contribution in [1.29, 1.82) is 0 Å². The Morgan fingerprint density at radius 3 is 2.96 bits per heavy atom. The highest BCUT2D eigenvalue weighted by atomic mass is 16.5. The quantitative estimate of drug-likeness (QED) is 0.920. The Kier molecular flexibility index (Phi) is 3.40. The van der Waals surface area contributed by atoms with Crippen LogP contribution in [0.1, 0.15) is 37.2 Å². The van der Waals surface area contributed by atoms with Gasteiger partial charge in [-0.3, -0.25) is 4.79 Å². The van der Waals surface area contributed by atoms with Crippen molar-refractivity contribution in [2.45, 2.75) is 32.7 Å². The molecule has 2 atom stereocenters. The molecule has 1 aromatic heterocycles. The molecule has 0 saturated carbocycles. The van der Waals surface area contributed by atoms with Crippen LogP contribution in [-0.2, 0) is 4.79 Å². The summed E-state index contributed by atoms with van der Waals surface area (Å²) in [7, 11) is 1.64. The second kappa shape index (κ2) is 5.47. The van der Waals surface area contributed by atoms with Gasteiger partial charge in [-0.05, 0) is 37.0 Å². The highest BCUT2D eigenvalue weighted by Gasteiger charge is 2.38. The number of methoxy groups -OCH3 is 1. The zero-order chi connectivity index (χ0) is 16.8. The van der Waals surface area contributed by atoms with E-state index in [0.29, 0.717) is 24.1 Å². The highest BCUT2D eigenvalue weighted by Crippen LogP contribution is 2.41. The molecule has 2 aromatic rings. The lowest BCUT2D eigenvalue weighted by Crippen LogP contribution is -2.33. The van der Waals surface area contributed by atoms with Gasteiger partial charge in [0.15, 0.2) is 5.78 Å². The standard InChI is InChI=1S/C18H20N4O2/c1-10-7-14-16(15(23)8-10)17(12-5-4-6-13(9-12)24-3)22-18(20-14)19-11(2)21-22/h4-6,9-10,17H,7-8H2,1-3H3,(H,19,20,21). The van der Waals surface area contributed by atoms with E-state index in [-0.39, 0.29) is 11.8 Å². The van der Waals surface area contributed by atoms with E-state index in [9.17, 15) is 4.79 Å². The van der Waals surface area contributed by atoms with E-state index in [1.54, 1.807) is 7.11 Å². The van der Waals surface area contributed by atoms with Crippen molar-refractivity contribution in [3.63, 3.8) is 0 Å². The Bertz CT molecular complexity index is 852. The number of hydrogen-bond acceptors (Lipinski definition) is 5. The topological polar surface area (TPSA) is 69.0 Å². The maximum absolute atomic E-state index is 12.8. The minimum Gasteiger partial charge on any atom is -0.497 e. The van der Waals surface area contributed by atoms with E-state index >= 15 is 0 Å². The average Bonchev–Trinajstić information content (AvgIpc) is 2.92. The molecule has 24 heavy (non-hydrogen) atoms. The Morgan fingerprint density at radius 2 is 2.17 bits per heavy atom. The van der Waals surface area contributed by atoms with Crippen molar-refractivity contribution in [2.24, 2.45) is 5.92 Å². The van der Waals surface area contributed by atoms with E-state index in [4.69, 9.17) is 4.74 Å². The number of rotatable bonds is 2. The molecule has 4 rings (SSSR count). The van der Waals surface area contributed by atoms with Crippen LogP contribution in [0, 0.1) is 12.8 Å². The van der Waals surface area contributed by atoms with Gasteiger partial charge in [-0.15, -0.1) is 0 Å². The van der Waals surface area contributed by atoms with Crippen LogP contribution in [0.15, 0.2) is 35.5 Å². The molecule has 124 valence electrons. The third-order valence-electron chi connectivity index (χ3n) is 4.64. The number of aryl methyl sites for hydroxylation is 1. The maximum atomic E-state index is 12.8. The predicted molar refractivity (Wildman–Crippen MR) is 89.9 cm³/mol. The van der Waals surface area contributed by atoms with Crippen molar-refractivity contribution >= 4 is 11.7 Å². The molecule has 0 bridgehead atoms. The summed E-state index contributed by atoms with van der Waals surface area (Å²) in [6.45, 7) is 3.97. The van der Waals surface area contributed by atoms with E-state index in [2.05, 4.69) is 22.3 Å². The summed E-state index contributed by atoms with van der Waals surface area (Å²) in [4.78, 5) is 17.3. The SMILES string of the molecule is COc1cccc(C2C3=C(CC(C)CC3=O)Nc3nc(C)nn32)c1. The van der Waals surface area contributed by atoms with Crippen LogP contribution in [0.5, 0.6) is 5.75 Å². The van der Waals surface area contributed by atoms with Gasteiger partial charge in [0.05, 0.1) is 7.11 Å². The fourth-order valence-electron chi connectivity index (χ4n) is 3.63. The lowest BCUT2D eigenvalue weighted by Gasteiger charge is -2.34.